The third-order valence-corrected chi connectivity index (χ3v) is 5.54. The zero-order valence-electron chi connectivity index (χ0n) is 15.4. The first-order valence-electron chi connectivity index (χ1n) is 8.78. The topological polar surface area (TPSA) is 66.9 Å². The van der Waals surface area contributed by atoms with E-state index in [1.807, 2.05) is 25.1 Å². The zero-order valence-corrected chi connectivity index (χ0v) is 16.3. The Bertz CT molecular complexity index is 861. The van der Waals surface area contributed by atoms with Gasteiger partial charge < -0.3 is 14.5 Å². The number of methoxy groups -OCH3 is 1. The van der Waals surface area contributed by atoms with Crippen LogP contribution in [-0.2, 0) is 16.1 Å². The summed E-state index contributed by atoms with van der Waals surface area (Å²) in [5.41, 5.74) is 1.32. The monoisotopic (exact) mass is 386 g/mol. The lowest BCUT2D eigenvalue weighted by Gasteiger charge is -2.22. The van der Waals surface area contributed by atoms with Crippen molar-refractivity contribution in [1.29, 1.82) is 0 Å². The number of rotatable bonds is 4. The fourth-order valence-corrected chi connectivity index (χ4v) is 3.91. The second-order valence-corrected chi connectivity index (χ2v) is 7.75. The molecular weight excluding hydrogens is 364 g/mol. The molecule has 0 unspecified atom stereocenters. The van der Waals surface area contributed by atoms with Crippen molar-refractivity contribution < 1.29 is 19.1 Å². The predicted molar refractivity (Wildman–Crippen MR) is 103 cm³/mol. The highest BCUT2D eigenvalue weighted by atomic mass is 32.1. The lowest BCUT2D eigenvalue weighted by Crippen LogP contribution is -2.35. The van der Waals surface area contributed by atoms with E-state index in [1.54, 1.807) is 28.0 Å². The number of thiophene rings is 1. The first kappa shape index (κ1) is 19.1. The Morgan fingerprint density at radius 2 is 1.96 bits per heavy atom. The van der Waals surface area contributed by atoms with Crippen LogP contribution in [0, 0.1) is 6.92 Å². The molecule has 27 heavy (non-hydrogen) atoms. The molecule has 0 atom stereocenters. The molecule has 1 aliphatic rings. The summed E-state index contributed by atoms with van der Waals surface area (Å²) in [6, 6.07) is 10.8. The van der Waals surface area contributed by atoms with Crippen molar-refractivity contribution >= 4 is 29.1 Å². The number of aryl methyl sites for hydroxylation is 1. The van der Waals surface area contributed by atoms with Gasteiger partial charge in [0, 0.05) is 37.5 Å². The fourth-order valence-electron chi connectivity index (χ4n) is 3.08. The highest BCUT2D eigenvalue weighted by Crippen LogP contribution is 2.19. The van der Waals surface area contributed by atoms with Gasteiger partial charge in [0.2, 0.25) is 5.91 Å². The van der Waals surface area contributed by atoms with E-state index in [0.717, 1.165) is 10.4 Å². The van der Waals surface area contributed by atoms with E-state index in [0.29, 0.717) is 43.0 Å². The predicted octanol–water partition coefficient (Wildman–Crippen LogP) is 2.72. The summed E-state index contributed by atoms with van der Waals surface area (Å²) in [4.78, 5) is 42.1. The van der Waals surface area contributed by atoms with Gasteiger partial charge in [-0.1, -0.05) is 12.1 Å². The third kappa shape index (κ3) is 4.54. The van der Waals surface area contributed by atoms with Crippen molar-refractivity contribution in [3.05, 3.63) is 57.3 Å². The average Bonchev–Trinajstić information content (AvgIpc) is 3.03. The summed E-state index contributed by atoms with van der Waals surface area (Å²) in [6.45, 7) is 3.77. The minimum absolute atomic E-state index is 0.0103. The van der Waals surface area contributed by atoms with Crippen LogP contribution in [0.2, 0.25) is 0 Å². The molecule has 1 fully saturated rings. The van der Waals surface area contributed by atoms with Crippen molar-refractivity contribution in [2.24, 2.45) is 0 Å². The number of carbonyl (C=O) groups is 3. The molecule has 1 saturated heterocycles. The van der Waals surface area contributed by atoms with Crippen molar-refractivity contribution in [3.8, 4) is 0 Å². The molecule has 0 bridgehead atoms. The average molecular weight is 386 g/mol. The van der Waals surface area contributed by atoms with Gasteiger partial charge in [-0.15, -0.1) is 11.3 Å². The van der Waals surface area contributed by atoms with Crippen LogP contribution in [0.1, 0.15) is 36.9 Å². The molecule has 2 heterocycles. The maximum Gasteiger partial charge on any atom is 0.337 e. The molecule has 2 aromatic rings. The highest BCUT2D eigenvalue weighted by Gasteiger charge is 2.25. The highest BCUT2D eigenvalue weighted by molar-refractivity contribution is 7.13. The first-order chi connectivity index (χ1) is 13.0. The molecule has 2 amide bonds. The Hall–Kier alpha value is -2.67. The fraction of sp³-hybridized carbons (Fsp3) is 0.350. The van der Waals surface area contributed by atoms with Crippen LogP contribution in [0.25, 0.3) is 0 Å². The zero-order chi connectivity index (χ0) is 19.4. The number of benzene rings is 1. The summed E-state index contributed by atoms with van der Waals surface area (Å²) >= 11 is 1.47. The van der Waals surface area contributed by atoms with E-state index in [9.17, 15) is 14.4 Å². The summed E-state index contributed by atoms with van der Waals surface area (Å²) < 4.78 is 4.74. The molecule has 1 aromatic carbocycles. The van der Waals surface area contributed by atoms with Crippen LogP contribution in [0.3, 0.4) is 0 Å². The smallest absolute Gasteiger partial charge is 0.337 e. The van der Waals surface area contributed by atoms with Crippen LogP contribution in [0.5, 0.6) is 0 Å². The molecule has 0 spiro atoms. The molecule has 0 N–H and O–H groups in total. The third-order valence-electron chi connectivity index (χ3n) is 4.55. The number of hydrogen-bond acceptors (Lipinski definition) is 5. The van der Waals surface area contributed by atoms with Crippen LogP contribution in [-0.4, -0.2) is 54.3 Å². The van der Waals surface area contributed by atoms with Gasteiger partial charge >= 0.3 is 5.97 Å². The second-order valence-electron chi connectivity index (χ2n) is 6.46. The van der Waals surface area contributed by atoms with E-state index in [-0.39, 0.29) is 11.8 Å². The number of amides is 2. The number of esters is 1. The normalized spacial score (nSPS) is 14.8. The number of hydrogen-bond donors (Lipinski definition) is 0. The molecule has 1 aliphatic heterocycles. The van der Waals surface area contributed by atoms with E-state index in [4.69, 9.17) is 4.74 Å². The van der Waals surface area contributed by atoms with Crippen molar-refractivity contribution in [2.45, 2.75) is 19.9 Å². The lowest BCUT2D eigenvalue weighted by atomic mass is 10.1. The van der Waals surface area contributed by atoms with Gasteiger partial charge in [-0.2, -0.15) is 0 Å². The van der Waals surface area contributed by atoms with E-state index >= 15 is 0 Å². The number of ether oxygens (including phenoxy) is 1. The molecule has 0 saturated carbocycles. The minimum Gasteiger partial charge on any atom is -0.465 e. The molecule has 3 rings (SSSR count). The van der Waals surface area contributed by atoms with Crippen LogP contribution in [0.15, 0.2) is 36.4 Å². The van der Waals surface area contributed by atoms with Gasteiger partial charge in [-0.05, 0) is 36.8 Å². The second kappa shape index (κ2) is 8.35. The van der Waals surface area contributed by atoms with Gasteiger partial charge in [0.1, 0.15) is 0 Å². The standard InChI is InChI=1S/C20H22N2O4S/c1-14-6-7-17(27-14)19(24)21-9-8-18(23)22(11-10-21)13-15-4-3-5-16(12-15)20(25)26-2/h3-7,12H,8-11,13H2,1-2H3. The van der Waals surface area contributed by atoms with Gasteiger partial charge in [0.05, 0.1) is 17.6 Å². The van der Waals surface area contributed by atoms with Crippen molar-refractivity contribution in [1.82, 2.24) is 9.80 Å². The number of nitrogens with zero attached hydrogens (tertiary/aromatic N) is 2. The van der Waals surface area contributed by atoms with Gasteiger partial charge in [-0.3, -0.25) is 9.59 Å². The van der Waals surface area contributed by atoms with Crippen LogP contribution in [0.4, 0.5) is 0 Å². The molecular formula is C20H22N2O4S. The summed E-state index contributed by atoms with van der Waals surface area (Å²) in [5.74, 6) is -0.409. The maximum atomic E-state index is 12.6. The number of carbonyl (C=O) groups excluding carboxylic acids is 3. The lowest BCUT2D eigenvalue weighted by molar-refractivity contribution is -0.130. The summed E-state index contributed by atoms with van der Waals surface area (Å²) in [6.07, 6.45) is 0.298. The Morgan fingerprint density at radius 1 is 1.15 bits per heavy atom. The van der Waals surface area contributed by atoms with Crippen LogP contribution < -0.4 is 0 Å². The Labute approximate surface area is 162 Å². The van der Waals surface area contributed by atoms with Crippen molar-refractivity contribution in [2.75, 3.05) is 26.7 Å². The van der Waals surface area contributed by atoms with Gasteiger partial charge in [0.25, 0.3) is 5.91 Å². The van der Waals surface area contributed by atoms with Gasteiger partial charge in [0.15, 0.2) is 0 Å². The SMILES string of the molecule is COC(=O)c1cccc(CN2CCN(C(=O)c3ccc(C)s3)CCC2=O)c1. The largest absolute Gasteiger partial charge is 0.465 e. The minimum atomic E-state index is -0.401. The molecule has 6 nitrogen and oxygen atoms in total. The summed E-state index contributed by atoms with van der Waals surface area (Å²) in [5, 5.41) is 0. The van der Waals surface area contributed by atoms with E-state index < -0.39 is 5.97 Å². The maximum absolute atomic E-state index is 12.6. The van der Waals surface area contributed by atoms with Gasteiger partial charge in [-0.25, -0.2) is 4.79 Å². The Kier molecular flexibility index (Phi) is 5.91. The van der Waals surface area contributed by atoms with E-state index in [1.165, 1.54) is 18.4 Å². The Morgan fingerprint density at radius 3 is 2.67 bits per heavy atom. The molecule has 142 valence electrons. The Balaban J connectivity index is 1.67. The van der Waals surface area contributed by atoms with E-state index in [2.05, 4.69) is 0 Å². The van der Waals surface area contributed by atoms with Crippen molar-refractivity contribution in [3.63, 3.8) is 0 Å². The molecule has 0 aliphatic carbocycles. The first-order valence-corrected chi connectivity index (χ1v) is 9.60. The summed E-state index contributed by atoms with van der Waals surface area (Å²) in [7, 11) is 1.34. The molecule has 7 heteroatoms. The van der Waals surface area contributed by atoms with Crippen LogP contribution >= 0.6 is 11.3 Å². The quantitative estimate of drug-likeness (QED) is 0.758. The molecule has 1 aromatic heterocycles. The molecule has 0 radical (unpaired) electrons.